The van der Waals surface area contributed by atoms with E-state index in [1.54, 1.807) is 18.4 Å². The van der Waals surface area contributed by atoms with Gasteiger partial charge in [0.2, 0.25) is 0 Å². The van der Waals surface area contributed by atoms with Crippen molar-refractivity contribution in [1.82, 2.24) is 15.2 Å². The van der Waals surface area contributed by atoms with E-state index in [1.807, 2.05) is 25.8 Å². The molecular formula is C14H25IN4O2S. The highest BCUT2D eigenvalue weighted by Gasteiger charge is 2.08. The number of aliphatic imine (C=N–C) groups is 1. The third-order valence-corrected chi connectivity index (χ3v) is 3.61. The molecule has 126 valence electrons. The number of carbonyl (C=O) groups excluding carboxylic acids is 1. The van der Waals surface area contributed by atoms with Crippen molar-refractivity contribution in [3.63, 3.8) is 0 Å². The number of nitrogens with zero attached hydrogens (tertiary/aromatic N) is 3. The van der Waals surface area contributed by atoms with E-state index < -0.39 is 0 Å². The topological polar surface area (TPSA) is 66.8 Å². The van der Waals surface area contributed by atoms with Crippen molar-refractivity contribution >= 4 is 47.2 Å². The molecule has 0 amide bonds. The number of rotatable bonds is 7. The molecule has 1 aromatic heterocycles. The standard InChI is InChI=1S/C14H24N4O2S.HI/c1-5-20-13(19)7-6-8-16-14(15-3)18(4)9-12-10-21-11(2)17-12;/h10H,5-9H2,1-4H3,(H,15,16);1H. The van der Waals surface area contributed by atoms with E-state index in [0.29, 0.717) is 26.1 Å². The average molecular weight is 440 g/mol. The van der Waals surface area contributed by atoms with Crippen LogP contribution < -0.4 is 5.32 Å². The molecule has 0 saturated carbocycles. The van der Waals surface area contributed by atoms with Crippen LogP contribution in [0.1, 0.15) is 30.5 Å². The predicted molar refractivity (Wildman–Crippen MR) is 101 cm³/mol. The lowest BCUT2D eigenvalue weighted by molar-refractivity contribution is -0.143. The van der Waals surface area contributed by atoms with Gasteiger partial charge in [-0.25, -0.2) is 4.98 Å². The number of aryl methyl sites for hydroxylation is 1. The Morgan fingerprint density at radius 3 is 2.82 bits per heavy atom. The lowest BCUT2D eigenvalue weighted by Gasteiger charge is -2.21. The maximum atomic E-state index is 11.2. The Hall–Kier alpha value is -0.900. The first kappa shape index (κ1) is 21.1. The van der Waals surface area contributed by atoms with Gasteiger partial charge in [-0.3, -0.25) is 9.79 Å². The van der Waals surface area contributed by atoms with Crippen LogP contribution in [-0.2, 0) is 16.1 Å². The molecule has 8 heteroatoms. The molecule has 0 atom stereocenters. The van der Waals surface area contributed by atoms with Gasteiger partial charge in [0.05, 0.1) is 23.9 Å². The van der Waals surface area contributed by atoms with Crippen LogP contribution in [0.25, 0.3) is 0 Å². The minimum absolute atomic E-state index is 0. The summed E-state index contributed by atoms with van der Waals surface area (Å²) in [6.07, 6.45) is 1.15. The molecule has 6 nitrogen and oxygen atoms in total. The minimum atomic E-state index is -0.152. The van der Waals surface area contributed by atoms with Gasteiger partial charge in [-0.2, -0.15) is 0 Å². The van der Waals surface area contributed by atoms with Crippen LogP contribution in [0.15, 0.2) is 10.4 Å². The monoisotopic (exact) mass is 440 g/mol. The summed E-state index contributed by atoms with van der Waals surface area (Å²) in [5.74, 6) is 0.644. The van der Waals surface area contributed by atoms with Gasteiger partial charge in [0, 0.05) is 32.4 Å². The zero-order chi connectivity index (χ0) is 15.7. The Kier molecular flexibility index (Phi) is 11.2. The van der Waals surface area contributed by atoms with Gasteiger partial charge in [-0.15, -0.1) is 35.3 Å². The fraction of sp³-hybridized carbons (Fsp3) is 0.643. The van der Waals surface area contributed by atoms with Gasteiger partial charge in [0.25, 0.3) is 0 Å². The number of esters is 1. The van der Waals surface area contributed by atoms with E-state index in [9.17, 15) is 4.79 Å². The third-order valence-electron chi connectivity index (χ3n) is 2.79. The van der Waals surface area contributed by atoms with E-state index in [0.717, 1.165) is 23.1 Å². The number of carbonyl (C=O) groups is 1. The minimum Gasteiger partial charge on any atom is -0.466 e. The predicted octanol–water partition coefficient (Wildman–Crippen LogP) is 2.42. The van der Waals surface area contributed by atoms with Crippen molar-refractivity contribution in [2.45, 2.75) is 33.2 Å². The third kappa shape index (κ3) is 7.92. The molecule has 0 aliphatic rings. The quantitative estimate of drug-likeness (QED) is 0.232. The number of aromatic nitrogens is 1. The fourth-order valence-electron chi connectivity index (χ4n) is 1.85. The molecule has 22 heavy (non-hydrogen) atoms. The largest absolute Gasteiger partial charge is 0.466 e. The Morgan fingerprint density at radius 2 is 2.27 bits per heavy atom. The van der Waals surface area contributed by atoms with Crippen LogP contribution in [0.5, 0.6) is 0 Å². The lowest BCUT2D eigenvalue weighted by Crippen LogP contribution is -2.39. The molecule has 0 aromatic carbocycles. The van der Waals surface area contributed by atoms with Crippen molar-refractivity contribution in [2.75, 3.05) is 27.2 Å². The zero-order valence-corrected chi connectivity index (χ0v) is 16.7. The van der Waals surface area contributed by atoms with Gasteiger partial charge in [-0.05, 0) is 20.3 Å². The number of guanidine groups is 1. The number of hydrogen-bond acceptors (Lipinski definition) is 5. The lowest BCUT2D eigenvalue weighted by atomic mass is 10.3. The highest BCUT2D eigenvalue weighted by molar-refractivity contribution is 14.0. The summed E-state index contributed by atoms with van der Waals surface area (Å²) >= 11 is 1.65. The molecule has 0 bridgehead atoms. The average Bonchev–Trinajstić information content (AvgIpc) is 2.84. The number of halogens is 1. The van der Waals surface area contributed by atoms with E-state index in [4.69, 9.17) is 4.74 Å². The maximum Gasteiger partial charge on any atom is 0.305 e. The molecule has 1 heterocycles. The van der Waals surface area contributed by atoms with Crippen molar-refractivity contribution < 1.29 is 9.53 Å². The van der Waals surface area contributed by atoms with Crippen LogP contribution in [0.4, 0.5) is 0 Å². The van der Waals surface area contributed by atoms with Gasteiger partial charge >= 0.3 is 5.97 Å². The van der Waals surface area contributed by atoms with Crippen molar-refractivity contribution in [2.24, 2.45) is 4.99 Å². The number of nitrogens with one attached hydrogen (secondary N) is 1. The molecular weight excluding hydrogens is 415 g/mol. The Balaban J connectivity index is 0.00000441. The van der Waals surface area contributed by atoms with Crippen LogP contribution in [0, 0.1) is 6.92 Å². The first-order valence-corrected chi connectivity index (χ1v) is 7.93. The second-order valence-electron chi connectivity index (χ2n) is 4.60. The van der Waals surface area contributed by atoms with Crippen LogP contribution in [0.2, 0.25) is 0 Å². The molecule has 1 rings (SSSR count). The molecule has 1 aromatic rings. The highest BCUT2D eigenvalue weighted by atomic mass is 127. The van der Waals surface area contributed by atoms with Gasteiger partial charge in [0.1, 0.15) is 0 Å². The highest BCUT2D eigenvalue weighted by Crippen LogP contribution is 2.09. The van der Waals surface area contributed by atoms with Crippen LogP contribution >= 0.6 is 35.3 Å². The normalized spacial score (nSPS) is 10.8. The summed E-state index contributed by atoms with van der Waals surface area (Å²) in [6.45, 7) is 5.64. The summed E-state index contributed by atoms with van der Waals surface area (Å²) in [6, 6.07) is 0. The van der Waals surface area contributed by atoms with Gasteiger partial charge in [-0.1, -0.05) is 0 Å². The first-order chi connectivity index (χ1) is 10.1. The SMILES string of the molecule is CCOC(=O)CCCNC(=NC)N(C)Cc1csc(C)n1.I. The molecule has 0 radical (unpaired) electrons. The summed E-state index contributed by atoms with van der Waals surface area (Å²) < 4.78 is 4.89. The molecule has 0 aliphatic heterocycles. The number of ether oxygens (including phenoxy) is 1. The van der Waals surface area contributed by atoms with Crippen molar-refractivity contribution in [3.05, 3.63) is 16.1 Å². The molecule has 0 fully saturated rings. The van der Waals surface area contributed by atoms with Crippen LogP contribution in [0.3, 0.4) is 0 Å². The smallest absolute Gasteiger partial charge is 0.305 e. The maximum absolute atomic E-state index is 11.2. The summed E-state index contributed by atoms with van der Waals surface area (Å²) in [4.78, 5) is 21.9. The number of thiazole rings is 1. The molecule has 0 unspecified atom stereocenters. The fourth-order valence-corrected chi connectivity index (χ4v) is 2.45. The molecule has 0 saturated heterocycles. The van der Waals surface area contributed by atoms with E-state index in [2.05, 4.69) is 20.7 Å². The first-order valence-electron chi connectivity index (χ1n) is 7.05. The van der Waals surface area contributed by atoms with Crippen molar-refractivity contribution in [1.29, 1.82) is 0 Å². The Bertz CT molecular complexity index is 479. The van der Waals surface area contributed by atoms with Crippen LogP contribution in [-0.4, -0.2) is 49.1 Å². The van der Waals surface area contributed by atoms with Crippen molar-refractivity contribution in [3.8, 4) is 0 Å². The second-order valence-corrected chi connectivity index (χ2v) is 5.66. The molecule has 1 N–H and O–H groups in total. The summed E-state index contributed by atoms with van der Waals surface area (Å²) in [5.41, 5.74) is 1.04. The summed E-state index contributed by atoms with van der Waals surface area (Å²) in [7, 11) is 3.71. The second kappa shape index (κ2) is 11.6. The van der Waals surface area contributed by atoms with E-state index >= 15 is 0 Å². The van der Waals surface area contributed by atoms with Gasteiger partial charge in [0.15, 0.2) is 5.96 Å². The molecule has 0 aliphatic carbocycles. The Morgan fingerprint density at radius 1 is 1.55 bits per heavy atom. The van der Waals surface area contributed by atoms with Gasteiger partial charge < -0.3 is 15.0 Å². The Labute approximate surface area is 153 Å². The van der Waals surface area contributed by atoms with E-state index in [-0.39, 0.29) is 29.9 Å². The van der Waals surface area contributed by atoms with E-state index in [1.165, 1.54) is 0 Å². The number of hydrogen-bond donors (Lipinski definition) is 1. The molecule has 0 spiro atoms. The summed E-state index contributed by atoms with van der Waals surface area (Å²) in [5, 5.41) is 6.36. The zero-order valence-electron chi connectivity index (χ0n) is 13.6.